The van der Waals surface area contributed by atoms with Crippen LogP contribution in [0, 0.1) is 0 Å². The van der Waals surface area contributed by atoms with Gasteiger partial charge in [0.1, 0.15) is 11.5 Å². The lowest BCUT2D eigenvalue weighted by molar-refractivity contribution is -0.0189. The number of nitrogens with zero attached hydrogens (tertiary/aromatic N) is 2. The molecular weight excluding hydrogens is 503 g/mol. The average molecular weight is 530 g/mol. The predicted octanol–water partition coefficient (Wildman–Crippen LogP) is 8.85. The zero-order valence-corrected chi connectivity index (χ0v) is 21.8. The largest absolute Gasteiger partial charge is 0.494 e. The Morgan fingerprint density at radius 2 is 1.71 bits per heavy atom. The van der Waals surface area contributed by atoms with Gasteiger partial charge in [0.2, 0.25) is 6.23 Å². The zero-order valence-electron chi connectivity index (χ0n) is 19.5. The molecule has 0 radical (unpaired) electrons. The van der Waals surface area contributed by atoms with Crippen molar-refractivity contribution in [2.24, 2.45) is 5.10 Å². The summed E-state index contributed by atoms with van der Waals surface area (Å²) in [6.07, 6.45) is 5.01. The van der Waals surface area contributed by atoms with E-state index in [0.717, 1.165) is 41.2 Å². The first-order valence-electron chi connectivity index (χ1n) is 12.0. The molecule has 4 nitrogen and oxygen atoms in total. The normalized spacial score (nSPS) is 18.5. The summed E-state index contributed by atoms with van der Waals surface area (Å²) in [5, 5.41) is 8.79. The Balaban J connectivity index is 1.43. The van der Waals surface area contributed by atoms with Crippen molar-refractivity contribution >= 4 is 40.5 Å². The monoisotopic (exact) mass is 528 g/mol. The highest BCUT2D eigenvalue weighted by atomic mass is 35.5. The first-order valence-corrected chi connectivity index (χ1v) is 13.2. The molecule has 2 heterocycles. The van der Waals surface area contributed by atoms with Gasteiger partial charge in [0.05, 0.1) is 23.4 Å². The van der Waals surface area contributed by atoms with Gasteiger partial charge in [-0.3, -0.25) is 0 Å². The Morgan fingerprint density at radius 3 is 2.46 bits per heavy atom. The van der Waals surface area contributed by atoms with Crippen LogP contribution in [0.5, 0.6) is 11.5 Å². The van der Waals surface area contributed by atoms with E-state index in [1.165, 1.54) is 19.3 Å². The SMILES string of the molecule is CCCCCCOc1ccc([C@@H]2Oc3c(Cl)cc(Cl)cc3[C@H]3CC(c4ccc(Cl)cc4)=NN32)cc1. The molecule has 0 spiro atoms. The molecule has 0 fully saturated rings. The third-order valence-corrected chi connectivity index (χ3v) is 7.17. The predicted molar refractivity (Wildman–Crippen MR) is 143 cm³/mol. The zero-order chi connectivity index (χ0) is 24.4. The van der Waals surface area contributed by atoms with Gasteiger partial charge in [-0.1, -0.05) is 73.1 Å². The minimum Gasteiger partial charge on any atom is -0.494 e. The summed E-state index contributed by atoms with van der Waals surface area (Å²) in [6.45, 7) is 2.94. The van der Waals surface area contributed by atoms with E-state index >= 15 is 0 Å². The second-order valence-corrected chi connectivity index (χ2v) is 10.2. The Hall–Kier alpha value is -2.40. The molecule has 3 aromatic rings. The fourth-order valence-electron chi connectivity index (χ4n) is 4.60. The molecule has 0 bridgehead atoms. The average Bonchev–Trinajstić information content (AvgIpc) is 3.30. The molecule has 182 valence electrons. The van der Waals surface area contributed by atoms with Crippen LogP contribution < -0.4 is 9.47 Å². The molecule has 0 unspecified atom stereocenters. The summed E-state index contributed by atoms with van der Waals surface area (Å²) in [5.41, 5.74) is 3.92. The molecule has 0 saturated carbocycles. The van der Waals surface area contributed by atoms with Crippen molar-refractivity contribution in [3.63, 3.8) is 0 Å². The van der Waals surface area contributed by atoms with Crippen LogP contribution in [0.25, 0.3) is 0 Å². The molecular formula is C28H27Cl3N2O2. The lowest BCUT2D eigenvalue weighted by atomic mass is 9.96. The maximum absolute atomic E-state index is 6.58. The first-order chi connectivity index (χ1) is 17.0. The summed E-state index contributed by atoms with van der Waals surface area (Å²) in [6, 6.07) is 19.4. The number of rotatable bonds is 8. The Morgan fingerprint density at radius 1 is 0.943 bits per heavy atom. The van der Waals surface area contributed by atoms with Crippen LogP contribution in [0.1, 0.15) is 68.0 Å². The molecule has 2 aliphatic heterocycles. The first kappa shape index (κ1) is 24.3. The Labute approximate surface area is 221 Å². The quantitative estimate of drug-likeness (QED) is 0.273. The van der Waals surface area contributed by atoms with Crippen LogP contribution in [0.15, 0.2) is 65.8 Å². The van der Waals surface area contributed by atoms with Crippen molar-refractivity contribution in [3.8, 4) is 11.5 Å². The summed E-state index contributed by atoms with van der Waals surface area (Å²) in [4.78, 5) is 0. The Bertz CT molecular complexity index is 1210. The van der Waals surface area contributed by atoms with Crippen LogP contribution >= 0.6 is 34.8 Å². The number of unbranched alkanes of at least 4 members (excludes halogenated alkanes) is 3. The van der Waals surface area contributed by atoms with Gasteiger partial charge < -0.3 is 9.47 Å². The summed E-state index contributed by atoms with van der Waals surface area (Å²) in [7, 11) is 0. The number of ether oxygens (including phenoxy) is 2. The molecule has 0 amide bonds. The van der Waals surface area contributed by atoms with Gasteiger partial charge in [0.15, 0.2) is 0 Å². The van der Waals surface area contributed by atoms with Gasteiger partial charge in [-0.05, 0) is 60.5 Å². The highest BCUT2D eigenvalue weighted by molar-refractivity contribution is 6.35. The molecule has 2 aliphatic rings. The van der Waals surface area contributed by atoms with E-state index in [-0.39, 0.29) is 6.04 Å². The third-order valence-electron chi connectivity index (χ3n) is 6.42. The van der Waals surface area contributed by atoms with Crippen LogP contribution in [-0.4, -0.2) is 17.3 Å². The molecule has 2 atom stereocenters. The van der Waals surface area contributed by atoms with Crippen LogP contribution in [0.2, 0.25) is 15.1 Å². The van der Waals surface area contributed by atoms with Crippen molar-refractivity contribution in [3.05, 3.63) is 92.4 Å². The van der Waals surface area contributed by atoms with Crippen LogP contribution in [0.4, 0.5) is 0 Å². The number of benzene rings is 3. The van der Waals surface area contributed by atoms with Gasteiger partial charge in [-0.15, -0.1) is 0 Å². The highest BCUT2D eigenvalue weighted by Crippen LogP contribution is 2.50. The smallest absolute Gasteiger partial charge is 0.213 e. The van der Waals surface area contributed by atoms with E-state index in [4.69, 9.17) is 49.4 Å². The minimum absolute atomic E-state index is 0.0416. The van der Waals surface area contributed by atoms with Crippen molar-refractivity contribution in [2.75, 3.05) is 6.61 Å². The van der Waals surface area contributed by atoms with Crippen LogP contribution in [-0.2, 0) is 0 Å². The number of hydrogen-bond acceptors (Lipinski definition) is 4. The summed E-state index contributed by atoms with van der Waals surface area (Å²) >= 11 is 19.0. The van der Waals surface area contributed by atoms with E-state index in [2.05, 4.69) is 6.92 Å². The third kappa shape index (κ3) is 5.25. The second kappa shape index (κ2) is 10.7. The van der Waals surface area contributed by atoms with Gasteiger partial charge in [0.25, 0.3) is 0 Å². The molecule has 0 aromatic heterocycles. The van der Waals surface area contributed by atoms with Crippen molar-refractivity contribution in [2.45, 2.75) is 51.3 Å². The molecule has 5 rings (SSSR count). The van der Waals surface area contributed by atoms with E-state index < -0.39 is 6.23 Å². The number of hydrazone groups is 1. The Kier molecular flexibility index (Phi) is 7.43. The number of hydrogen-bond donors (Lipinski definition) is 0. The molecule has 7 heteroatoms. The second-order valence-electron chi connectivity index (χ2n) is 8.91. The minimum atomic E-state index is -0.422. The van der Waals surface area contributed by atoms with E-state index in [1.807, 2.05) is 59.6 Å². The lowest BCUT2D eigenvalue weighted by Gasteiger charge is -2.38. The highest BCUT2D eigenvalue weighted by Gasteiger charge is 2.42. The van der Waals surface area contributed by atoms with Crippen molar-refractivity contribution in [1.29, 1.82) is 0 Å². The number of fused-ring (bicyclic) bond motifs is 3. The molecule has 3 aromatic carbocycles. The van der Waals surface area contributed by atoms with E-state index in [1.54, 1.807) is 6.07 Å². The van der Waals surface area contributed by atoms with Crippen molar-refractivity contribution < 1.29 is 9.47 Å². The van der Waals surface area contributed by atoms with Gasteiger partial charge >= 0.3 is 0 Å². The van der Waals surface area contributed by atoms with E-state index in [0.29, 0.717) is 27.2 Å². The standard InChI is InChI=1S/C28H27Cl3N2O2/c1-2-3-4-5-14-34-22-12-8-19(9-13-22)28-33-26(23-15-21(30)16-24(31)27(23)35-28)17-25(32-33)18-6-10-20(29)11-7-18/h6-13,15-16,26,28H,2-5,14,17H2,1H3/t26-,28+/m1/s1. The van der Waals surface area contributed by atoms with Gasteiger partial charge in [-0.25, -0.2) is 5.01 Å². The summed E-state index contributed by atoms with van der Waals surface area (Å²) in [5.74, 6) is 1.51. The topological polar surface area (TPSA) is 34.1 Å². The molecule has 0 saturated heterocycles. The molecule has 0 N–H and O–H groups in total. The van der Waals surface area contributed by atoms with Gasteiger partial charge in [-0.2, -0.15) is 5.10 Å². The van der Waals surface area contributed by atoms with E-state index in [9.17, 15) is 0 Å². The van der Waals surface area contributed by atoms with Gasteiger partial charge in [0, 0.05) is 27.6 Å². The fourth-order valence-corrected chi connectivity index (χ4v) is 5.28. The van der Waals surface area contributed by atoms with Crippen molar-refractivity contribution in [1.82, 2.24) is 5.01 Å². The van der Waals surface area contributed by atoms with Crippen LogP contribution in [0.3, 0.4) is 0 Å². The maximum Gasteiger partial charge on any atom is 0.213 e. The number of halogens is 3. The molecule has 0 aliphatic carbocycles. The maximum atomic E-state index is 6.58. The fraction of sp³-hybridized carbons (Fsp3) is 0.321. The lowest BCUT2D eigenvalue weighted by Crippen LogP contribution is -2.33. The summed E-state index contributed by atoms with van der Waals surface area (Å²) < 4.78 is 12.4. The molecule has 35 heavy (non-hydrogen) atoms.